The predicted molar refractivity (Wildman–Crippen MR) is 93.8 cm³/mol. The first-order valence-corrected chi connectivity index (χ1v) is 7.62. The number of ether oxygens (including phenoxy) is 1. The van der Waals surface area contributed by atoms with E-state index in [1.807, 2.05) is 37.3 Å². The molecule has 0 bridgehead atoms. The Morgan fingerprint density at radius 3 is 2.26 bits per heavy atom. The van der Waals surface area contributed by atoms with Gasteiger partial charge in [-0.05, 0) is 53.3 Å². The van der Waals surface area contributed by atoms with Crippen LogP contribution in [-0.2, 0) is 4.79 Å². The molecule has 0 aliphatic heterocycles. The molecule has 120 valence electrons. The maximum atomic E-state index is 11.6. The van der Waals surface area contributed by atoms with Gasteiger partial charge in [-0.25, -0.2) is 4.79 Å². The SMILES string of the molecule is COc1ccc(/C(=C/c2ccc(C(C)C)cc2)C(=O)O)cc1C. The molecule has 0 aliphatic rings. The number of carbonyl (C=O) groups is 1. The molecule has 23 heavy (non-hydrogen) atoms. The van der Waals surface area contributed by atoms with E-state index in [0.29, 0.717) is 11.5 Å². The summed E-state index contributed by atoms with van der Waals surface area (Å²) in [5, 5.41) is 9.55. The zero-order valence-corrected chi connectivity index (χ0v) is 14.0. The second-order valence-electron chi connectivity index (χ2n) is 5.87. The van der Waals surface area contributed by atoms with Crippen molar-refractivity contribution in [1.82, 2.24) is 0 Å². The lowest BCUT2D eigenvalue weighted by molar-refractivity contribution is -0.130. The van der Waals surface area contributed by atoms with E-state index in [4.69, 9.17) is 4.74 Å². The number of carboxylic acids is 1. The van der Waals surface area contributed by atoms with E-state index < -0.39 is 5.97 Å². The van der Waals surface area contributed by atoms with Crippen LogP contribution in [0.3, 0.4) is 0 Å². The Morgan fingerprint density at radius 2 is 1.78 bits per heavy atom. The minimum absolute atomic E-state index is 0.271. The van der Waals surface area contributed by atoms with Crippen LogP contribution in [0.25, 0.3) is 11.6 Å². The van der Waals surface area contributed by atoms with E-state index in [-0.39, 0.29) is 5.57 Å². The van der Waals surface area contributed by atoms with Crippen molar-refractivity contribution >= 4 is 17.6 Å². The molecule has 0 unspecified atom stereocenters. The van der Waals surface area contributed by atoms with E-state index in [0.717, 1.165) is 16.9 Å². The number of benzene rings is 2. The highest BCUT2D eigenvalue weighted by Crippen LogP contribution is 2.25. The van der Waals surface area contributed by atoms with Crippen LogP contribution in [0.15, 0.2) is 42.5 Å². The van der Waals surface area contributed by atoms with Crippen LogP contribution < -0.4 is 4.74 Å². The van der Waals surface area contributed by atoms with Crippen LogP contribution in [0, 0.1) is 6.92 Å². The fraction of sp³-hybridized carbons (Fsp3) is 0.250. The second kappa shape index (κ2) is 7.14. The molecule has 0 saturated heterocycles. The molecule has 2 aromatic rings. The van der Waals surface area contributed by atoms with Gasteiger partial charge in [-0.3, -0.25) is 0 Å². The van der Waals surface area contributed by atoms with Crippen molar-refractivity contribution in [2.24, 2.45) is 0 Å². The van der Waals surface area contributed by atoms with Gasteiger partial charge in [0.2, 0.25) is 0 Å². The Labute approximate surface area is 137 Å². The van der Waals surface area contributed by atoms with Gasteiger partial charge in [-0.15, -0.1) is 0 Å². The average molecular weight is 310 g/mol. The number of carboxylic acid groups (broad SMARTS) is 1. The van der Waals surface area contributed by atoms with Crippen molar-refractivity contribution in [3.8, 4) is 5.75 Å². The van der Waals surface area contributed by atoms with Crippen molar-refractivity contribution in [1.29, 1.82) is 0 Å². The molecule has 0 saturated carbocycles. The fourth-order valence-corrected chi connectivity index (χ4v) is 2.46. The summed E-state index contributed by atoms with van der Waals surface area (Å²) in [6.45, 7) is 6.17. The molecule has 3 nitrogen and oxygen atoms in total. The smallest absolute Gasteiger partial charge is 0.336 e. The molecule has 0 radical (unpaired) electrons. The highest BCUT2D eigenvalue weighted by molar-refractivity contribution is 6.20. The van der Waals surface area contributed by atoms with Crippen LogP contribution in [0.5, 0.6) is 5.75 Å². The van der Waals surface area contributed by atoms with Gasteiger partial charge in [0.05, 0.1) is 12.7 Å². The number of hydrogen-bond acceptors (Lipinski definition) is 2. The molecule has 0 atom stereocenters. The summed E-state index contributed by atoms with van der Waals surface area (Å²) in [5.74, 6) is 0.262. The summed E-state index contributed by atoms with van der Waals surface area (Å²) in [5.41, 5.74) is 3.96. The lowest BCUT2D eigenvalue weighted by Gasteiger charge is -2.09. The monoisotopic (exact) mass is 310 g/mol. The number of aliphatic carboxylic acids is 1. The van der Waals surface area contributed by atoms with Gasteiger partial charge in [0.15, 0.2) is 0 Å². The Balaban J connectivity index is 2.41. The quantitative estimate of drug-likeness (QED) is 0.640. The minimum Gasteiger partial charge on any atom is -0.496 e. The Kier molecular flexibility index (Phi) is 5.22. The third kappa shape index (κ3) is 4.01. The van der Waals surface area contributed by atoms with Crippen molar-refractivity contribution in [3.63, 3.8) is 0 Å². The summed E-state index contributed by atoms with van der Waals surface area (Å²) < 4.78 is 5.23. The van der Waals surface area contributed by atoms with E-state index in [2.05, 4.69) is 13.8 Å². The van der Waals surface area contributed by atoms with E-state index in [9.17, 15) is 9.90 Å². The first kappa shape index (κ1) is 16.8. The minimum atomic E-state index is -0.942. The maximum Gasteiger partial charge on any atom is 0.336 e. The summed E-state index contributed by atoms with van der Waals surface area (Å²) in [6.07, 6.45) is 1.70. The van der Waals surface area contributed by atoms with Gasteiger partial charge in [0.1, 0.15) is 5.75 Å². The van der Waals surface area contributed by atoms with Crippen LogP contribution in [0.1, 0.15) is 42.0 Å². The number of rotatable bonds is 5. The number of hydrogen-bond donors (Lipinski definition) is 1. The second-order valence-corrected chi connectivity index (χ2v) is 5.87. The Hall–Kier alpha value is -2.55. The van der Waals surface area contributed by atoms with Crippen LogP contribution in [-0.4, -0.2) is 18.2 Å². The van der Waals surface area contributed by atoms with Gasteiger partial charge in [-0.2, -0.15) is 0 Å². The topological polar surface area (TPSA) is 46.5 Å². The van der Waals surface area contributed by atoms with Gasteiger partial charge < -0.3 is 9.84 Å². The van der Waals surface area contributed by atoms with Crippen LogP contribution >= 0.6 is 0 Å². The van der Waals surface area contributed by atoms with Gasteiger partial charge in [-0.1, -0.05) is 44.2 Å². The summed E-state index contributed by atoms with van der Waals surface area (Å²) in [7, 11) is 1.60. The molecule has 2 rings (SSSR count). The molecule has 1 N–H and O–H groups in total. The van der Waals surface area contributed by atoms with Crippen molar-refractivity contribution < 1.29 is 14.6 Å². The molecule has 0 spiro atoms. The molecule has 0 aromatic heterocycles. The van der Waals surface area contributed by atoms with Crippen molar-refractivity contribution in [2.75, 3.05) is 7.11 Å². The maximum absolute atomic E-state index is 11.6. The summed E-state index contributed by atoms with van der Waals surface area (Å²) >= 11 is 0. The molecular weight excluding hydrogens is 288 g/mol. The average Bonchev–Trinajstić information content (AvgIpc) is 2.52. The fourth-order valence-electron chi connectivity index (χ4n) is 2.46. The largest absolute Gasteiger partial charge is 0.496 e. The predicted octanol–water partition coefficient (Wildman–Crippen LogP) is 4.75. The molecule has 0 fully saturated rings. The van der Waals surface area contributed by atoms with Gasteiger partial charge >= 0.3 is 5.97 Å². The lowest BCUT2D eigenvalue weighted by Crippen LogP contribution is -2.00. The Bertz CT molecular complexity index is 725. The first-order chi connectivity index (χ1) is 10.9. The summed E-state index contributed by atoms with van der Waals surface area (Å²) in [4.78, 5) is 11.6. The molecular formula is C20H22O3. The highest BCUT2D eigenvalue weighted by Gasteiger charge is 2.12. The van der Waals surface area contributed by atoms with Gasteiger partial charge in [0, 0.05) is 0 Å². The number of methoxy groups -OCH3 is 1. The van der Waals surface area contributed by atoms with Crippen LogP contribution in [0.4, 0.5) is 0 Å². The zero-order chi connectivity index (χ0) is 17.0. The Morgan fingerprint density at radius 1 is 1.13 bits per heavy atom. The third-order valence-electron chi connectivity index (χ3n) is 3.85. The normalized spacial score (nSPS) is 11.6. The van der Waals surface area contributed by atoms with E-state index >= 15 is 0 Å². The lowest BCUT2D eigenvalue weighted by atomic mass is 9.98. The van der Waals surface area contributed by atoms with E-state index in [1.165, 1.54) is 5.56 Å². The highest BCUT2D eigenvalue weighted by atomic mass is 16.5. The molecule has 0 heterocycles. The standard InChI is InChI=1S/C20H22O3/c1-13(2)16-7-5-15(6-8-16)12-18(20(21)22)17-9-10-19(23-4)14(3)11-17/h5-13H,1-4H3,(H,21,22)/b18-12-. The third-order valence-corrected chi connectivity index (χ3v) is 3.85. The molecule has 0 amide bonds. The molecule has 2 aromatic carbocycles. The van der Waals surface area contributed by atoms with E-state index in [1.54, 1.807) is 25.3 Å². The number of aryl methyl sites for hydroxylation is 1. The van der Waals surface area contributed by atoms with Gasteiger partial charge in [0.25, 0.3) is 0 Å². The molecule has 0 aliphatic carbocycles. The summed E-state index contributed by atoms with van der Waals surface area (Å²) in [6, 6.07) is 13.4. The zero-order valence-electron chi connectivity index (χ0n) is 14.0. The first-order valence-electron chi connectivity index (χ1n) is 7.62. The van der Waals surface area contributed by atoms with Crippen molar-refractivity contribution in [3.05, 3.63) is 64.7 Å². The molecule has 3 heteroatoms. The van der Waals surface area contributed by atoms with Crippen molar-refractivity contribution in [2.45, 2.75) is 26.7 Å². The van der Waals surface area contributed by atoms with Crippen LogP contribution in [0.2, 0.25) is 0 Å².